The van der Waals surface area contributed by atoms with Gasteiger partial charge in [0, 0.05) is 12.6 Å². The summed E-state index contributed by atoms with van der Waals surface area (Å²) in [4.78, 5) is 13.3. The number of unbranched alkanes of at least 4 members (excludes halogenated alkanes) is 2. The van der Waals surface area contributed by atoms with E-state index >= 15 is 0 Å². The number of hydrogen-bond donors (Lipinski definition) is 1. The van der Waals surface area contributed by atoms with E-state index in [0.717, 1.165) is 13.0 Å². The van der Waals surface area contributed by atoms with Gasteiger partial charge in [0.2, 0.25) is 5.91 Å². The van der Waals surface area contributed by atoms with Crippen molar-refractivity contribution in [3.63, 3.8) is 0 Å². The third-order valence-corrected chi connectivity index (χ3v) is 2.35. The van der Waals surface area contributed by atoms with Gasteiger partial charge in [0.15, 0.2) is 0 Å². The summed E-state index contributed by atoms with van der Waals surface area (Å²) < 4.78 is 0. The smallest absolute Gasteiger partial charge is 0.232 e. The Hall–Kier alpha value is -0.180. The predicted molar refractivity (Wildman–Crippen MR) is 60.2 cm³/mol. The Morgan fingerprint density at radius 1 is 1.38 bits per heavy atom. The molecule has 0 aliphatic heterocycles. The van der Waals surface area contributed by atoms with Crippen molar-refractivity contribution in [2.45, 2.75) is 46.1 Å². The lowest BCUT2D eigenvalue weighted by Gasteiger charge is -2.26. The van der Waals surface area contributed by atoms with Crippen molar-refractivity contribution in [1.29, 1.82) is 0 Å². The molecule has 0 aromatic carbocycles. The molecule has 0 fully saturated rings. The summed E-state index contributed by atoms with van der Waals surface area (Å²) in [6, 6.07) is 0.302. The van der Waals surface area contributed by atoms with Crippen molar-refractivity contribution in [3.05, 3.63) is 0 Å². The highest BCUT2D eigenvalue weighted by Gasteiger charge is 2.13. The average Bonchev–Trinajstić information content (AvgIpc) is 2.11. The third-order valence-electron chi connectivity index (χ3n) is 2.08. The molecule has 0 aromatic heterocycles. The van der Waals surface area contributed by atoms with Gasteiger partial charge in [-0.25, -0.2) is 0 Å². The molecule has 0 rings (SSSR count). The van der Waals surface area contributed by atoms with Crippen molar-refractivity contribution in [2.75, 3.05) is 12.3 Å². The molecule has 0 spiro atoms. The monoisotopic (exact) mass is 203 g/mol. The molecule has 0 aromatic rings. The van der Waals surface area contributed by atoms with Crippen LogP contribution in [0.25, 0.3) is 0 Å². The summed E-state index contributed by atoms with van der Waals surface area (Å²) in [7, 11) is 0. The number of rotatable bonds is 6. The van der Waals surface area contributed by atoms with E-state index in [2.05, 4.69) is 19.6 Å². The van der Waals surface area contributed by atoms with E-state index in [1.807, 2.05) is 18.7 Å². The molecule has 0 N–H and O–H groups in total. The first kappa shape index (κ1) is 12.8. The molecule has 1 amide bonds. The number of carbonyl (C=O) groups excluding carboxylic acids is 1. The van der Waals surface area contributed by atoms with Crippen LogP contribution in [0.4, 0.5) is 0 Å². The minimum absolute atomic E-state index is 0.148. The maximum atomic E-state index is 11.4. The molecule has 78 valence electrons. The fourth-order valence-electron chi connectivity index (χ4n) is 1.29. The van der Waals surface area contributed by atoms with Gasteiger partial charge < -0.3 is 4.90 Å². The molecule has 0 saturated carbocycles. The number of amides is 1. The van der Waals surface area contributed by atoms with Crippen LogP contribution >= 0.6 is 12.6 Å². The molecule has 0 aliphatic carbocycles. The Balaban J connectivity index is 3.88. The summed E-state index contributed by atoms with van der Waals surface area (Å²) in [5.74, 6) is 0.471. The normalized spacial score (nSPS) is 10.5. The van der Waals surface area contributed by atoms with E-state index in [4.69, 9.17) is 0 Å². The average molecular weight is 203 g/mol. The first-order valence-corrected chi connectivity index (χ1v) is 5.67. The molecular weight excluding hydrogens is 182 g/mol. The quantitative estimate of drug-likeness (QED) is 0.519. The van der Waals surface area contributed by atoms with Gasteiger partial charge in [-0.15, -0.1) is 0 Å². The van der Waals surface area contributed by atoms with Gasteiger partial charge in [-0.3, -0.25) is 4.79 Å². The zero-order chi connectivity index (χ0) is 10.3. The standard InChI is InChI=1S/C10H21NOS/c1-4-5-6-7-11(9(2)3)10(12)8-13/h9,13H,4-8H2,1-3H3. The second-order valence-electron chi connectivity index (χ2n) is 3.55. The van der Waals surface area contributed by atoms with Gasteiger partial charge in [0.1, 0.15) is 0 Å². The molecule has 2 nitrogen and oxygen atoms in total. The number of carbonyl (C=O) groups is 1. The van der Waals surface area contributed by atoms with Crippen molar-refractivity contribution in [2.24, 2.45) is 0 Å². The Kier molecular flexibility index (Phi) is 7.14. The number of thiol groups is 1. The fourth-order valence-corrected chi connectivity index (χ4v) is 1.48. The van der Waals surface area contributed by atoms with E-state index in [0.29, 0.717) is 11.8 Å². The van der Waals surface area contributed by atoms with Crippen molar-refractivity contribution < 1.29 is 4.79 Å². The third kappa shape index (κ3) is 5.19. The second kappa shape index (κ2) is 7.25. The molecule has 0 saturated heterocycles. The Bertz CT molecular complexity index is 148. The minimum atomic E-state index is 0.148. The Morgan fingerprint density at radius 2 is 2.00 bits per heavy atom. The van der Waals surface area contributed by atoms with Crippen molar-refractivity contribution >= 4 is 18.5 Å². The molecule has 0 radical (unpaired) electrons. The van der Waals surface area contributed by atoms with E-state index < -0.39 is 0 Å². The fraction of sp³-hybridized carbons (Fsp3) is 0.900. The first-order chi connectivity index (χ1) is 6.13. The van der Waals surface area contributed by atoms with Crippen LogP contribution in [0.15, 0.2) is 0 Å². The largest absolute Gasteiger partial charge is 0.340 e. The molecule has 0 atom stereocenters. The highest BCUT2D eigenvalue weighted by Crippen LogP contribution is 2.04. The van der Waals surface area contributed by atoms with Gasteiger partial charge in [-0.1, -0.05) is 19.8 Å². The van der Waals surface area contributed by atoms with Crippen LogP contribution in [0, 0.1) is 0 Å². The highest BCUT2D eigenvalue weighted by molar-refractivity contribution is 7.81. The Labute approximate surface area is 87.1 Å². The van der Waals surface area contributed by atoms with Crippen molar-refractivity contribution in [3.8, 4) is 0 Å². The second-order valence-corrected chi connectivity index (χ2v) is 3.86. The first-order valence-electron chi connectivity index (χ1n) is 5.03. The van der Waals surface area contributed by atoms with Gasteiger partial charge in [0.25, 0.3) is 0 Å². The van der Waals surface area contributed by atoms with Crippen LogP contribution in [0.5, 0.6) is 0 Å². The topological polar surface area (TPSA) is 20.3 Å². The van der Waals surface area contributed by atoms with E-state index in [1.54, 1.807) is 0 Å². The molecule has 13 heavy (non-hydrogen) atoms. The molecular formula is C10H21NOS. The van der Waals surface area contributed by atoms with Crippen LogP contribution in [0.2, 0.25) is 0 Å². The van der Waals surface area contributed by atoms with Crippen LogP contribution in [0.3, 0.4) is 0 Å². The zero-order valence-corrected chi connectivity index (χ0v) is 9.81. The maximum Gasteiger partial charge on any atom is 0.232 e. The van der Waals surface area contributed by atoms with E-state index in [1.165, 1.54) is 12.8 Å². The van der Waals surface area contributed by atoms with Crippen LogP contribution in [-0.2, 0) is 4.79 Å². The van der Waals surface area contributed by atoms with Crippen molar-refractivity contribution in [1.82, 2.24) is 4.90 Å². The van der Waals surface area contributed by atoms with Crippen LogP contribution in [-0.4, -0.2) is 29.1 Å². The van der Waals surface area contributed by atoms with Gasteiger partial charge in [-0.2, -0.15) is 12.6 Å². The lowest BCUT2D eigenvalue weighted by molar-refractivity contribution is -0.130. The molecule has 0 bridgehead atoms. The molecule has 0 unspecified atom stereocenters. The van der Waals surface area contributed by atoms with Gasteiger partial charge in [-0.05, 0) is 20.3 Å². The van der Waals surface area contributed by atoms with E-state index in [9.17, 15) is 4.79 Å². The summed E-state index contributed by atoms with van der Waals surface area (Å²) in [6.45, 7) is 7.14. The summed E-state index contributed by atoms with van der Waals surface area (Å²) >= 11 is 4.00. The summed E-state index contributed by atoms with van der Waals surface area (Å²) in [5, 5.41) is 0. The van der Waals surface area contributed by atoms with Gasteiger partial charge in [0.05, 0.1) is 5.75 Å². The molecule has 0 aliphatic rings. The minimum Gasteiger partial charge on any atom is -0.340 e. The van der Waals surface area contributed by atoms with Crippen LogP contribution in [0.1, 0.15) is 40.0 Å². The maximum absolute atomic E-state index is 11.4. The number of hydrogen-bond acceptors (Lipinski definition) is 2. The van der Waals surface area contributed by atoms with Crippen LogP contribution < -0.4 is 0 Å². The number of nitrogens with zero attached hydrogens (tertiary/aromatic N) is 1. The Morgan fingerprint density at radius 3 is 2.38 bits per heavy atom. The zero-order valence-electron chi connectivity index (χ0n) is 8.92. The molecule has 0 heterocycles. The van der Waals surface area contributed by atoms with E-state index in [-0.39, 0.29) is 5.91 Å². The predicted octanol–water partition coefficient (Wildman–Crippen LogP) is 2.34. The van der Waals surface area contributed by atoms with Gasteiger partial charge >= 0.3 is 0 Å². The summed E-state index contributed by atoms with van der Waals surface area (Å²) in [6.07, 6.45) is 3.50. The highest BCUT2D eigenvalue weighted by atomic mass is 32.1. The lowest BCUT2D eigenvalue weighted by atomic mass is 10.2. The SMILES string of the molecule is CCCCCN(C(=O)CS)C(C)C. The summed E-state index contributed by atoms with van der Waals surface area (Å²) in [5.41, 5.74) is 0. The molecule has 3 heteroatoms. The lowest BCUT2D eigenvalue weighted by Crippen LogP contribution is -2.38.